The predicted octanol–water partition coefficient (Wildman–Crippen LogP) is 2.18. The van der Waals surface area contributed by atoms with Gasteiger partial charge in [-0.15, -0.1) is 0 Å². The van der Waals surface area contributed by atoms with Gasteiger partial charge in [0.1, 0.15) is 11.9 Å². The lowest BCUT2D eigenvalue weighted by Gasteiger charge is -2.14. The topological polar surface area (TPSA) is 79.7 Å². The smallest absolute Gasteiger partial charge is 0.123 e. The molecule has 1 atom stereocenters. The highest BCUT2D eigenvalue weighted by Crippen LogP contribution is 2.23. The van der Waals surface area contributed by atoms with Crippen LogP contribution in [0, 0.1) is 17.1 Å². The highest BCUT2D eigenvalue weighted by molar-refractivity contribution is 5.43. The van der Waals surface area contributed by atoms with Crippen molar-refractivity contribution in [1.82, 2.24) is 19.6 Å². The minimum Gasteiger partial charge on any atom is -0.389 e. The third kappa shape index (κ3) is 2.98. The van der Waals surface area contributed by atoms with Crippen LogP contribution in [0.5, 0.6) is 0 Å². The van der Waals surface area contributed by atoms with E-state index in [0.29, 0.717) is 23.4 Å². The van der Waals surface area contributed by atoms with E-state index in [1.807, 2.05) is 12.1 Å². The zero-order chi connectivity index (χ0) is 16.4. The van der Waals surface area contributed by atoms with Gasteiger partial charge in [-0.25, -0.2) is 9.07 Å². The second-order valence-corrected chi connectivity index (χ2v) is 5.15. The molecule has 7 heteroatoms. The number of aliphatic hydroxyl groups is 1. The summed E-state index contributed by atoms with van der Waals surface area (Å²) in [7, 11) is 0. The van der Waals surface area contributed by atoms with Crippen molar-refractivity contribution in [2.24, 2.45) is 0 Å². The molecule has 1 aromatic carbocycles. The summed E-state index contributed by atoms with van der Waals surface area (Å²) in [6.45, 7) is 1.98. The molecule has 3 rings (SSSR count). The van der Waals surface area contributed by atoms with Crippen molar-refractivity contribution in [1.29, 1.82) is 5.26 Å². The molecule has 1 unspecified atom stereocenters. The van der Waals surface area contributed by atoms with Gasteiger partial charge in [0.2, 0.25) is 0 Å². The van der Waals surface area contributed by atoms with Gasteiger partial charge in [0.25, 0.3) is 0 Å². The second-order valence-electron chi connectivity index (χ2n) is 5.15. The molecule has 0 fully saturated rings. The maximum absolute atomic E-state index is 13.5. The SMILES string of the molecule is CC(O)c1cc(F)ccc1-n1nccc1Cn1cc(C#N)cn1. The summed E-state index contributed by atoms with van der Waals surface area (Å²) in [6, 6.07) is 8.04. The van der Waals surface area contributed by atoms with Crippen molar-refractivity contribution in [3.63, 3.8) is 0 Å². The number of aliphatic hydroxyl groups excluding tert-OH is 1. The van der Waals surface area contributed by atoms with E-state index in [1.54, 1.807) is 34.7 Å². The molecular weight excluding hydrogens is 297 g/mol. The Morgan fingerprint density at radius 1 is 1.35 bits per heavy atom. The monoisotopic (exact) mass is 311 g/mol. The standard InChI is InChI=1S/C16H14FN5O/c1-11(23)15-6-13(17)2-3-16(15)22-14(4-5-19-22)10-21-9-12(7-18)8-20-21/h2-6,8-9,11,23H,10H2,1H3. The van der Waals surface area contributed by atoms with Crippen molar-refractivity contribution < 1.29 is 9.50 Å². The van der Waals surface area contributed by atoms with Crippen LogP contribution < -0.4 is 0 Å². The fourth-order valence-electron chi connectivity index (χ4n) is 2.39. The van der Waals surface area contributed by atoms with Crippen LogP contribution in [0.1, 0.15) is 29.8 Å². The van der Waals surface area contributed by atoms with Crippen molar-refractivity contribution in [2.45, 2.75) is 19.6 Å². The van der Waals surface area contributed by atoms with Gasteiger partial charge < -0.3 is 5.11 Å². The maximum Gasteiger partial charge on any atom is 0.123 e. The molecule has 23 heavy (non-hydrogen) atoms. The summed E-state index contributed by atoms with van der Waals surface area (Å²) in [5.41, 5.74) is 2.33. The van der Waals surface area contributed by atoms with Crippen molar-refractivity contribution in [3.05, 3.63) is 65.5 Å². The molecule has 0 radical (unpaired) electrons. The number of nitrogens with zero attached hydrogens (tertiary/aromatic N) is 5. The van der Waals surface area contributed by atoms with Crippen LogP contribution >= 0.6 is 0 Å². The van der Waals surface area contributed by atoms with Gasteiger partial charge in [0.05, 0.1) is 35.8 Å². The van der Waals surface area contributed by atoms with Crippen LogP contribution in [0.15, 0.2) is 42.9 Å². The van der Waals surface area contributed by atoms with Crippen LogP contribution in [-0.4, -0.2) is 24.7 Å². The molecule has 0 aliphatic heterocycles. The van der Waals surface area contributed by atoms with Gasteiger partial charge in [-0.05, 0) is 31.2 Å². The number of hydrogen-bond acceptors (Lipinski definition) is 4. The van der Waals surface area contributed by atoms with Crippen molar-refractivity contribution >= 4 is 0 Å². The normalized spacial score (nSPS) is 12.1. The van der Waals surface area contributed by atoms with Crippen molar-refractivity contribution in [3.8, 4) is 11.8 Å². The largest absolute Gasteiger partial charge is 0.389 e. The molecule has 0 saturated heterocycles. The zero-order valence-electron chi connectivity index (χ0n) is 12.4. The molecule has 0 aliphatic rings. The third-order valence-electron chi connectivity index (χ3n) is 3.48. The predicted molar refractivity (Wildman–Crippen MR) is 80.2 cm³/mol. The van der Waals surface area contributed by atoms with Gasteiger partial charge in [0, 0.05) is 18.0 Å². The number of benzene rings is 1. The molecule has 0 aliphatic carbocycles. The van der Waals surface area contributed by atoms with Crippen molar-refractivity contribution in [2.75, 3.05) is 0 Å². The first kappa shape index (κ1) is 14.9. The van der Waals surface area contributed by atoms with Gasteiger partial charge in [-0.2, -0.15) is 15.5 Å². The van der Waals surface area contributed by atoms with E-state index < -0.39 is 11.9 Å². The molecule has 0 saturated carbocycles. The third-order valence-corrected chi connectivity index (χ3v) is 3.48. The van der Waals surface area contributed by atoms with Crippen LogP contribution in [0.25, 0.3) is 5.69 Å². The van der Waals surface area contributed by atoms with Gasteiger partial charge in [-0.1, -0.05) is 0 Å². The Balaban J connectivity index is 2.00. The summed E-state index contributed by atoms with van der Waals surface area (Å²) < 4.78 is 16.7. The van der Waals surface area contributed by atoms with E-state index in [-0.39, 0.29) is 0 Å². The van der Waals surface area contributed by atoms with E-state index in [0.717, 1.165) is 5.69 Å². The molecule has 116 valence electrons. The Kier molecular flexibility index (Phi) is 3.91. The zero-order valence-corrected chi connectivity index (χ0v) is 12.4. The lowest BCUT2D eigenvalue weighted by atomic mass is 10.1. The van der Waals surface area contributed by atoms with Crippen LogP contribution in [0.4, 0.5) is 4.39 Å². The fourth-order valence-corrected chi connectivity index (χ4v) is 2.39. The lowest BCUT2D eigenvalue weighted by Crippen LogP contribution is -2.11. The number of halogens is 1. The molecule has 1 N–H and O–H groups in total. The number of hydrogen-bond donors (Lipinski definition) is 1. The Hall–Kier alpha value is -2.98. The summed E-state index contributed by atoms with van der Waals surface area (Å²) in [4.78, 5) is 0. The number of aromatic nitrogens is 4. The summed E-state index contributed by atoms with van der Waals surface area (Å²) in [6.07, 6.45) is 3.92. The molecule has 2 heterocycles. The first-order chi connectivity index (χ1) is 11.1. The van der Waals surface area contributed by atoms with Gasteiger partial charge >= 0.3 is 0 Å². The average molecular weight is 311 g/mol. The molecule has 0 amide bonds. The average Bonchev–Trinajstić information content (AvgIpc) is 3.17. The van der Waals surface area contributed by atoms with E-state index in [4.69, 9.17) is 5.26 Å². The summed E-state index contributed by atoms with van der Waals surface area (Å²) >= 11 is 0. The highest BCUT2D eigenvalue weighted by Gasteiger charge is 2.14. The lowest BCUT2D eigenvalue weighted by molar-refractivity contribution is 0.198. The van der Waals surface area contributed by atoms with E-state index in [9.17, 15) is 9.50 Å². The summed E-state index contributed by atoms with van der Waals surface area (Å²) in [5.74, 6) is -0.413. The fraction of sp³-hybridized carbons (Fsp3) is 0.188. The Bertz CT molecular complexity index is 875. The first-order valence-electron chi connectivity index (χ1n) is 7.02. The Labute approximate surface area is 132 Å². The van der Waals surface area contributed by atoms with E-state index >= 15 is 0 Å². The maximum atomic E-state index is 13.5. The second kappa shape index (κ2) is 6.02. The minimum atomic E-state index is -0.826. The van der Waals surface area contributed by atoms with Crippen LogP contribution in [0.2, 0.25) is 0 Å². The molecule has 6 nitrogen and oxygen atoms in total. The van der Waals surface area contributed by atoms with Gasteiger partial charge in [-0.3, -0.25) is 4.68 Å². The number of rotatable bonds is 4. The molecule has 2 aromatic heterocycles. The van der Waals surface area contributed by atoms with E-state index in [2.05, 4.69) is 10.2 Å². The van der Waals surface area contributed by atoms with Crippen LogP contribution in [-0.2, 0) is 6.54 Å². The molecule has 0 bridgehead atoms. The van der Waals surface area contributed by atoms with E-state index in [1.165, 1.54) is 18.3 Å². The Morgan fingerprint density at radius 3 is 2.87 bits per heavy atom. The van der Waals surface area contributed by atoms with Gasteiger partial charge in [0.15, 0.2) is 0 Å². The van der Waals surface area contributed by atoms with Crippen LogP contribution in [0.3, 0.4) is 0 Å². The first-order valence-corrected chi connectivity index (χ1v) is 7.02. The summed E-state index contributed by atoms with van der Waals surface area (Å²) in [5, 5.41) is 27.1. The Morgan fingerprint density at radius 2 is 2.17 bits per heavy atom. The quantitative estimate of drug-likeness (QED) is 0.801. The minimum absolute atomic E-state index is 0.401. The molecule has 0 spiro atoms. The number of nitriles is 1. The molecule has 3 aromatic rings. The highest BCUT2D eigenvalue weighted by atomic mass is 19.1. The molecular formula is C16H14FN5O.